The van der Waals surface area contributed by atoms with E-state index in [0.717, 1.165) is 0 Å². The number of rotatable bonds is 3. The summed E-state index contributed by atoms with van der Waals surface area (Å²) in [6.07, 6.45) is -0.522. The number of aliphatic carboxylic acids is 1. The van der Waals surface area contributed by atoms with Crippen molar-refractivity contribution in [3.63, 3.8) is 0 Å². The maximum atomic E-state index is 10.2. The van der Waals surface area contributed by atoms with Crippen LogP contribution in [0.25, 0.3) is 0 Å². The van der Waals surface area contributed by atoms with Crippen LogP contribution in [0.4, 0.5) is 0 Å². The molecule has 0 aliphatic rings. The molecule has 6 heteroatoms. The molecule has 11 heavy (non-hydrogen) atoms. The van der Waals surface area contributed by atoms with E-state index in [1.54, 1.807) is 0 Å². The number of carboxylic acids is 1. The summed E-state index contributed by atoms with van der Waals surface area (Å²) in [5.74, 6) is -5.51. The molecule has 0 rings (SSSR count). The van der Waals surface area contributed by atoms with Crippen LogP contribution in [0.5, 0.6) is 0 Å². The predicted molar refractivity (Wildman–Crippen MR) is 32.3 cm³/mol. The quantitative estimate of drug-likeness (QED) is 0.305. The first-order valence-electron chi connectivity index (χ1n) is 2.88. The zero-order chi connectivity index (χ0) is 9.28. The predicted octanol–water partition coefficient (Wildman–Crippen LogP) is -2.16. The van der Waals surface area contributed by atoms with Gasteiger partial charge in [0.2, 0.25) is 5.60 Å². The van der Waals surface area contributed by atoms with Crippen LogP contribution in [0.15, 0.2) is 0 Å². The van der Waals surface area contributed by atoms with E-state index in [9.17, 15) is 4.79 Å². The van der Waals surface area contributed by atoms with E-state index in [1.165, 1.54) is 6.92 Å². The molecule has 5 N–H and O–H groups in total. The second-order valence-corrected chi connectivity index (χ2v) is 2.15. The monoisotopic (exact) mass is 166 g/mol. The van der Waals surface area contributed by atoms with E-state index in [-0.39, 0.29) is 0 Å². The maximum absolute atomic E-state index is 10.2. The van der Waals surface area contributed by atoms with Gasteiger partial charge in [-0.2, -0.15) is 0 Å². The Morgan fingerprint density at radius 3 is 1.64 bits per heavy atom. The summed E-state index contributed by atoms with van der Waals surface area (Å²) in [5.41, 5.74) is -2.94. The second kappa shape index (κ2) is 2.74. The molecular weight excluding hydrogens is 156 g/mol. The van der Waals surface area contributed by atoms with Crippen molar-refractivity contribution in [3.8, 4) is 0 Å². The van der Waals surface area contributed by atoms with E-state index in [2.05, 4.69) is 0 Å². The highest BCUT2D eigenvalue weighted by Crippen LogP contribution is 2.21. The highest BCUT2D eigenvalue weighted by molar-refractivity contribution is 5.78. The lowest BCUT2D eigenvalue weighted by atomic mass is 9.98. The van der Waals surface area contributed by atoms with E-state index in [0.29, 0.717) is 0 Å². The molecule has 0 aromatic carbocycles. The fourth-order valence-electron chi connectivity index (χ4n) is 0.532. The summed E-state index contributed by atoms with van der Waals surface area (Å²) in [6.45, 7) is 1.19. The molecular formula is C5H10O6. The lowest BCUT2D eigenvalue weighted by Gasteiger charge is -2.29. The van der Waals surface area contributed by atoms with Gasteiger partial charge in [-0.1, -0.05) is 6.92 Å². The fraction of sp³-hybridized carbons (Fsp3) is 0.800. The Morgan fingerprint density at radius 1 is 1.27 bits per heavy atom. The molecule has 0 radical (unpaired) electrons. The summed E-state index contributed by atoms with van der Waals surface area (Å²) in [6, 6.07) is 0. The largest absolute Gasteiger partial charge is 0.479 e. The van der Waals surface area contributed by atoms with Gasteiger partial charge in [0.1, 0.15) is 0 Å². The lowest BCUT2D eigenvalue weighted by molar-refractivity contribution is -0.382. The first-order valence-corrected chi connectivity index (χ1v) is 2.88. The van der Waals surface area contributed by atoms with E-state index < -0.39 is 24.0 Å². The third-order valence-corrected chi connectivity index (χ3v) is 1.42. The zero-order valence-electron chi connectivity index (χ0n) is 5.85. The molecule has 1 unspecified atom stereocenters. The number of hydrogen-bond donors (Lipinski definition) is 5. The van der Waals surface area contributed by atoms with Crippen molar-refractivity contribution in [2.45, 2.75) is 24.9 Å². The molecule has 0 aliphatic heterocycles. The Hall–Kier alpha value is -0.690. The number of hydrogen-bond acceptors (Lipinski definition) is 5. The van der Waals surface area contributed by atoms with Gasteiger partial charge in [-0.15, -0.1) is 0 Å². The topological polar surface area (TPSA) is 118 Å². The Labute approximate surface area is 62.3 Å². The highest BCUT2D eigenvalue weighted by atomic mass is 16.7. The smallest absolute Gasteiger partial charge is 0.344 e. The molecule has 66 valence electrons. The van der Waals surface area contributed by atoms with Crippen LogP contribution >= 0.6 is 0 Å². The molecule has 0 aliphatic carbocycles. The molecule has 0 bridgehead atoms. The third-order valence-electron chi connectivity index (χ3n) is 1.42. The van der Waals surface area contributed by atoms with Crippen LogP contribution in [0.1, 0.15) is 13.3 Å². The second-order valence-electron chi connectivity index (χ2n) is 2.15. The van der Waals surface area contributed by atoms with Crippen molar-refractivity contribution < 1.29 is 30.3 Å². The van der Waals surface area contributed by atoms with Crippen molar-refractivity contribution in [3.05, 3.63) is 0 Å². The molecule has 0 fully saturated rings. The molecule has 0 saturated heterocycles. The zero-order valence-corrected chi connectivity index (χ0v) is 5.85. The standard InChI is InChI=1S/C5H10O6/c1-2-4(8,3(6)7)5(9,10)11/h8-11H,2H2,1H3,(H,6,7). The first kappa shape index (κ1) is 10.3. The van der Waals surface area contributed by atoms with Gasteiger partial charge in [0.15, 0.2) is 0 Å². The summed E-state index contributed by atoms with van der Waals surface area (Å²) >= 11 is 0. The Kier molecular flexibility index (Phi) is 2.57. The third kappa shape index (κ3) is 1.66. The van der Waals surface area contributed by atoms with Gasteiger partial charge in [0.25, 0.3) is 0 Å². The van der Waals surface area contributed by atoms with Gasteiger partial charge >= 0.3 is 11.9 Å². The summed E-state index contributed by atoms with van der Waals surface area (Å²) < 4.78 is 0. The SMILES string of the molecule is CCC(O)(C(=O)O)C(O)(O)O. The molecule has 0 aromatic rings. The van der Waals surface area contributed by atoms with E-state index in [1.807, 2.05) is 0 Å². The van der Waals surface area contributed by atoms with Crippen molar-refractivity contribution in [2.24, 2.45) is 0 Å². The van der Waals surface area contributed by atoms with Crippen LogP contribution in [0.3, 0.4) is 0 Å². The van der Waals surface area contributed by atoms with Crippen molar-refractivity contribution in [2.75, 3.05) is 0 Å². The molecule has 0 heterocycles. The van der Waals surface area contributed by atoms with Crippen LogP contribution in [0, 0.1) is 0 Å². The van der Waals surface area contributed by atoms with Crippen LogP contribution in [0.2, 0.25) is 0 Å². The van der Waals surface area contributed by atoms with Crippen LogP contribution in [-0.4, -0.2) is 43.1 Å². The number of carbonyl (C=O) groups is 1. The van der Waals surface area contributed by atoms with Crippen LogP contribution in [-0.2, 0) is 4.79 Å². The minimum absolute atomic E-state index is 0.522. The van der Waals surface area contributed by atoms with Crippen molar-refractivity contribution >= 4 is 5.97 Å². The number of aliphatic hydroxyl groups is 4. The number of carboxylic acid groups (broad SMARTS) is 1. The molecule has 6 nitrogen and oxygen atoms in total. The molecule has 0 saturated carbocycles. The maximum Gasteiger partial charge on any atom is 0.344 e. The van der Waals surface area contributed by atoms with Gasteiger partial charge in [-0.05, 0) is 6.42 Å². The minimum Gasteiger partial charge on any atom is -0.479 e. The Bertz CT molecular complexity index is 159. The average Bonchev–Trinajstić information content (AvgIpc) is 1.83. The van der Waals surface area contributed by atoms with E-state index >= 15 is 0 Å². The molecule has 0 aromatic heterocycles. The van der Waals surface area contributed by atoms with Gasteiger partial charge in [0.05, 0.1) is 0 Å². The van der Waals surface area contributed by atoms with Gasteiger partial charge in [-0.3, -0.25) is 0 Å². The Balaban J connectivity index is 4.75. The summed E-state index contributed by atoms with van der Waals surface area (Å²) in [7, 11) is 0. The Morgan fingerprint density at radius 2 is 1.64 bits per heavy atom. The fourth-order valence-corrected chi connectivity index (χ4v) is 0.532. The summed E-state index contributed by atoms with van der Waals surface area (Å²) in [4.78, 5) is 10.2. The lowest BCUT2D eigenvalue weighted by Crippen LogP contribution is -2.59. The minimum atomic E-state index is -3.62. The van der Waals surface area contributed by atoms with Crippen molar-refractivity contribution in [1.29, 1.82) is 0 Å². The van der Waals surface area contributed by atoms with E-state index in [4.69, 9.17) is 25.5 Å². The van der Waals surface area contributed by atoms with Gasteiger partial charge in [-0.25, -0.2) is 4.79 Å². The van der Waals surface area contributed by atoms with Crippen LogP contribution < -0.4 is 0 Å². The molecule has 1 atom stereocenters. The molecule has 0 amide bonds. The normalized spacial score (nSPS) is 17.5. The summed E-state index contributed by atoms with van der Waals surface area (Å²) in [5, 5.41) is 42.3. The first-order chi connectivity index (χ1) is 4.75. The van der Waals surface area contributed by atoms with Crippen molar-refractivity contribution in [1.82, 2.24) is 0 Å². The van der Waals surface area contributed by atoms with Gasteiger partial charge < -0.3 is 25.5 Å². The highest BCUT2D eigenvalue weighted by Gasteiger charge is 2.53. The van der Waals surface area contributed by atoms with Gasteiger partial charge in [0, 0.05) is 0 Å². The average molecular weight is 166 g/mol. The molecule has 0 spiro atoms.